The van der Waals surface area contributed by atoms with Crippen LogP contribution in [0.3, 0.4) is 0 Å². The van der Waals surface area contributed by atoms with Gasteiger partial charge < -0.3 is 4.90 Å². The molecule has 0 aliphatic heterocycles. The molecule has 1 spiro atoms. The van der Waals surface area contributed by atoms with Crippen molar-refractivity contribution in [2.24, 2.45) is 0 Å². The van der Waals surface area contributed by atoms with Crippen LogP contribution in [-0.2, 0) is 10.8 Å². The molecular formula is C69H53N. The van der Waals surface area contributed by atoms with Crippen molar-refractivity contribution < 1.29 is 0 Å². The molecule has 1 heteroatoms. The highest BCUT2D eigenvalue weighted by molar-refractivity contribution is 6.33. The van der Waals surface area contributed by atoms with Crippen LogP contribution >= 0.6 is 0 Å². The van der Waals surface area contributed by atoms with Crippen LogP contribution in [-0.4, -0.2) is 0 Å². The second-order valence-corrected chi connectivity index (χ2v) is 20.6. The van der Waals surface area contributed by atoms with E-state index in [1.165, 1.54) is 154 Å². The number of nitrogens with zero attached hydrogens (tertiary/aromatic N) is 1. The van der Waals surface area contributed by atoms with Crippen LogP contribution in [0, 0.1) is 0 Å². The van der Waals surface area contributed by atoms with E-state index in [0.29, 0.717) is 0 Å². The molecule has 3 aliphatic carbocycles. The summed E-state index contributed by atoms with van der Waals surface area (Å²) in [7, 11) is 0. The molecule has 11 aromatic carbocycles. The zero-order valence-electron chi connectivity index (χ0n) is 39.8. The van der Waals surface area contributed by atoms with Gasteiger partial charge in [0.2, 0.25) is 0 Å². The number of benzene rings is 11. The van der Waals surface area contributed by atoms with Crippen molar-refractivity contribution >= 4 is 49.4 Å². The monoisotopic (exact) mass is 895 g/mol. The van der Waals surface area contributed by atoms with Crippen molar-refractivity contribution in [1.29, 1.82) is 0 Å². The summed E-state index contributed by atoms with van der Waals surface area (Å²) in [6.07, 6.45) is 6.22. The van der Waals surface area contributed by atoms with Crippen molar-refractivity contribution in [1.82, 2.24) is 0 Å². The Bertz CT molecular complexity index is 3870. The zero-order chi connectivity index (χ0) is 46.6. The Balaban J connectivity index is 1.07. The molecule has 0 unspecified atom stereocenters. The van der Waals surface area contributed by atoms with E-state index in [0.717, 1.165) is 5.69 Å². The summed E-state index contributed by atoms with van der Waals surface area (Å²) in [4.78, 5) is 2.57. The van der Waals surface area contributed by atoms with Crippen molar-refractivity contribution in [2.75, 3.05) is 4.90 Å². The van der Waals surface area contributed by atoms with Crippen LogP contribution < -0.4 is 4.90 Å². The molecule has 0 radical (unpaired) electrons. The average molecular weight is 896 g/mol. The Hall–Kier alpha value is -8.00. The van der Waals surface area contributed by atoms with Crippen LogP contribution in [0.25, 0.3) is 88.0 Å². The van der Waals surface area contributed by atoms with Crippen molar-refractivity contribution in [3.63, 3.8) is 0 Å². The summed E-state index contributed by atoms with van der Waals surface area (Å²) < 4.78 is 0. The maximum atomic E-state index is 2.59. The Morgan fingerprint density at radius 2 is 0.800 bits per heavy atom. The Labute approximate surface area is 411 Å². The van der Waals surface area contributed by atoms with Crippen LogP contribution in [0.1, 0.15) is 68.2 Å². The van der Waals surface area contributed by atoms with E-state index in [2.05, 4.69) is 243 Å². The van der Waals surface area contributed by atoms with E-state index in [9.17, 15) is 0 Å². The van der Waals surface area contributed by atoms with Gasteiger partial charge in [0, 0.05) is 27.9 Å². The first kappa shape index (κ1) is 41.0. The molecule has 0 saturated heterocycles. The third-order valence-corrected chi connectivity index (χ3v) is 16.6. The summed E-state index contributed by atoms with van der Waals surface area (Å²) in [6, 6.07) is 85.1. The zero-order valence-corrected chi connectivity index (χ0v) is 39.8. The van der Waals surface area contributed by atoms with Gasteiger partial charge in [-0.3, -0.25) is 0 Å². The van der Waals surface area contributed by atoms with Gasteiger partial charge in [-0.1, -0.05) is 215 Å². The van der Waals surface area contributed by atoms with E-state index in [-0.39, 0.29) is 10.8 Å². The lowest BCUT2D eigenvalue weighted by atomic mass is 9.68. The fourth-order valence-electron chi connectivity index (χ4n) is 13.4. The van der Waals surface area contributed by atoms with Crippen molar-refractivity contribution in [3.8, 4) is 55.6 Å². The number of hydrogen-bond donors (Lipinski definition) is 0. The summed E-state index contributed by atoms with van der Waals surface area (Å²) in [6.45, 7) is 4.80. The minimum Gasteiger partial charge on any atom is -0.310 e. The number of hydrogen-bond acceptors (Lipinski definition) is 1. The van der Waals surface area contributed by atoms with Gasteiger partial charge in [0.25, 0.3) is 0 Å². The first-order chi connectivity index (χ1) is 34.5. The van der Waals surface area contributed by atoms with Gasteiger partial charge in [-0.15, -0.1) is 0 Å². The predicted molar refractivity (Wildman–Crippen MR) is 297 cm³/mol. The fraction of sp³-hybridized carbons (Fsp3) is 0.130. The summed E-state index contributed by atoms with van der Waals surface area (Å²) in [5.41, 5.74) is 22.1. The summed E-state index contributed by atoms with van der Waals surface area (Å²) in [5.74, 6) is 0. The van der Waals surface area contributed by atoms with E-state index in [4.69, 9.17) is 0 Å². The standard InChI is InChI=1S/C69H53N/c1-68(2)61-31-17-15-28-52(61)54-36-33-49(42-63(54)68)70(50-34-37-55-53-29-16-18-32-62(53)69(64(55)43-50)39-19-6-20-40-69)48-35-38-57-60(41-48)51-27-13-14-30-56(51)66-59(46-23-9-4-10-24-46)44-58(45-21-7-3-8-22-45)65(67(57)66)47-25-11-5-12-26-47/h3-5,7-18,21-38,41-44H,6,19-20,39-40H2,1-2H3. The molecule has 0 amide bonds. The molecule has 1 saturated carbocycles. The maximum Gasteiger partial charge on any atom is 0.0468 e. The minimum absolute atomic E-state index is 0.0344. The molecule has 0 bridgehead atoms. The molecule has 334 valence electrons. The third kappa shape index (κ3) is 6.04. The quantitative estimate of drug-likeness (QED) is 0.150. The second-order valence-electron chi connectivity index (χ2n) is 20.6. The third-order valence-electron chi connectivity index (χ3n) is 16.6. The average Bonchev–Trinajstić information content (AvgIpc) is 3.82. The molecule has 0 atom stereocenters. The van der Waals surface area contributed by atoms with E-state index < -0.39 is 0 Å². The molecule has 0 heterocycles. The van der Waals surface area contributed by atoms with Gasteiger partial charge in [-0.2, -0.15) is 0 Å². The highest BCUT2D eigenvalue weighted by Gasteiger charge is 2.44. The molecule has 0 N–H and O–H groups in total. The van der Waals surface area contributed by atoms with Gasteiger partial charge >= 0.3 is 0 Å². The largest absolute Gasteiger partial charge is 0.310 e. The molecule has 70 heavy (non-hydrogen) atoms. The summed E-state index contributed by atoms with van der Waals surface area (Å²) >= 11 is 0. The highest BCUT2D eigenvalue weighted by atomic mass is 15.1. The lowest BCUT2D eigenvalue weighted by Crippen LogP contribution is -2.28. The van der Waals surface area contributed by atoms with E-state index >= 15 is 0 Å². The SMILES string of the molecule is CC1(C)c2ccccc2-c2ccc(N(c3ccc4c(c3)C3(CCCCC3)c3ccccc3-4)c3ccc4c(c3)c3ccccc3c3c(-c5ccccc5)cc(-c5ccccc5)c(-c5ccccc5)c43)cc21. The maximum absolute atomic E-state index is 2.59. The normalized spacial score (nSPS) is 14.9. The smallest absolute Gasteiger partial charge is 0.0468 e. The highest BCUT2D eigenvalue weighted by Crippen LogP contribution is 2.58. The topological polar surface area (TPSA) is 3.24 Å². The molecule has 11 aromatic rings. The van der Waals surface area contributed by atoms with Gasteiger partial charge in [0.15, 0.2) is 0 Å². The molecule has 1 nitrogen and oxygen atoms in total. The molecule has 3 aliphatic rings. The van der Waals surface area contributed by atoms with E-state index in [1.54, 1.807) is 0 Å². The second kappa shape index (κ2) is 15.8. The number of anilines is 3. The molecular weight excluding hydrogens is 843 g/mol. The van der Waals surface area contributed by atoms with Crippen LogP contribution in [0.5, 0.6) is 0 Å². The predicted octanol–water partition coefficient (Wildman–Crippen LogP) is 19.2. The number of rotatable bonds is 6. The molecule has 0 aromatic heterocycles. The Kier molecular flexibility index (Phi) is 9.24. The van der Waals surface area contributed by atoms with E-state index in [1.807, 2.05) is 0 Å². The Morgan fingerprint density at radius 1 is 0.314 bits per heavy atom. The lowest BCUT2D eigenvalue weighted by Gasteiger charge is -2.36. The van der Waals surface area contributed by atoms with Crippen molar-refractivity contribution in [3.05, 3.63) is 247 Å². The van der Waals surface area contributed by atoms with Gasteiger partial charge in [-0.25, -0.2) is 0 Å². The van der Waals surface area contributed by atoms with Crippen LogP contribution in [0.15, 0.2) is 224 Å². The number of fused-ring (bicyclic) bond motifs is 14. The summed E-state index contributed by atoms with van der Waals surface area (Å²) in [5, 5.41) is 7.58. The van der Waals surface area contributed by atoms with Gasteiger partial charge in [0.1, 0.15) is 0 Å². The fourth-order valence-corrected chi connectivity index (χ4v) is 13.4. The first-order valence-electron chi connectivity index (χ1n) is 25.4. The minimum atomic E-state index is -0.140. The molecule has 1 fully saturated rings. The van der Waals surface area contributed by atoms with Gasteiger partial charge in [0.05, 0.1) is 0 Å². The molecule has 14 rings (SSSR count). The van der Waals surface area contributed by atoms with Crippen molar-refractivity contribution in [2.45, 2.75) is 56.8 Å². The van der Waals surface area contributed by atoms with Crippen LogP contribution in [0.2, 0.25) is 0 Å². The van der Waals surface area contributed by atoms with Crippen LogP contribution in [0.4, 0.5) is 17.1 Å². The van der Waals surface area contributed by atoms with Gasteiger partial charge in [-0.05, 0) is 166 Å². The first-order valence-corrected chi connectivity index (χ1v) is 25.4. The lowest BCUT2D eigenvalue weighted by molar-refractivity contribution is 0.353. The Morgan fingerprint density at radius 3 is 1.49 bits per heavy atom.